The Balaban J connectivity index is 1.44. The van der Waals surface area contributed by atoms with Gasteiger partial charge in [-0.3, -0.25) is 4.79 Å². The van der Waals surface area contributed by atoms with Crippen LogP contribution in [0, 0.1) is 22.5 Å². The molecule has 1 aliphatic rings. The lowest BCUT2D eigenvalue weighted by Gasteiger charge is -2.34. The Kier molecular flexibility index (Phi) is 7.78. The molecule has 1 fully saturated rings. The van der Waals surface area contributed by atoms with E-state index < -0.39 is 17.0 Å². The van der Waals surface area contributed by atoms with E-state index >= 15 is 0 Å². The minimum atomic E-state index is -0.610. The minimum absolute atomic E-state index is 0.0483. The normalized spacial score (nSPS) is 16.1. The molecule has 1 saturated carbocycles. The fraction of sp³-hybridized carbons (Fsp3) is 0.483. The molecule has 3 aromatic rings. The van der Waals surface area contributed by atoms with Gasteiger partial charge in [-0.25, -0.2) is 18.4 Å². The monoisotopic (exact) mass is 510 g/mol. The van der Waals surface area contributed by atoms with Crippen molar-refractivity contribution in [3.63, 3.8) is 0 Å². The minimum Gasteiger partial charge on any atom is -0.442 e. The van der Waals surface area contributed by atoms with Crippen LogP contribution in [0.2, 0.25) is 0 Å². The first-order valence-electron chi connectivity index (χ1n) is 12.8. The van der Waals surface area contributed by atoms with Gasteiger partial charge >= 0.3 is 5.97 Å². The van der Waals surface area contributed by atoms with E-state index in [9.17, 15) is 13.6 Å². The van der Waals surface area contributed by atoms with Crippen LogP contribution in [0.15, 0.2) is 42.7 Å². The number of aromatic nitrogens is 3. The molecule has 1 N–H and O–H groups in total. The fourth-order valence-electron chi connectivity index (χ4n) is 4.46. The molecule has 1 aromatic heterocycles. The number of nitrogens with one attached hydrogen (secondary N) is 1. The molecule has 198 valence electrons. The number of hydrogen-bond acceptors (Lipinski definition) is 5. The van der Waals surface area contributed by atoms with Gasteiger partial charge in [0.1, 0.15) is 18.0 Å². The van der Waals surface area contributed by atoms with Crippen LogP contribution in [0.4, 0.5) is 8.78 Å². The van der Waals surface area contributed by atoms with E-state index in [1.807, 2.05) is 6.07 Å². The number of nitrogens with zero attached hydrogens (tertiary/aromatic N) is 3. The van der Waals surface area contributed by atoms with Gasteiger partial charge in [-0.15, -0.1) is 5.10 Å². The van der Waals surface area contributed by atoms with Crippen LogP contribution in [0.3, 0.4) is 0 Å². The topological polar surface area (TPSA) is 69.0 Å². The Bertz CT molecular complexity index is 1230. The van der Waals surface area contributed by atoms with Crippen LogP contribution in [0.1, 0.15) is 65.9 Å². The Morgan fingerprint density at radius 3 is 2.38 bits per heavy atom. The van der Waals surface area contributed by atoms with E-state index in [0.717, 1.165) is 25.7 Å². The second-order valence-electron chi connectivity index (χ2n) is 11.7. The number of ether oxygens (including phenoxy) is 1. The molecular weight excluding hydrogens is 474 g/mol. The highest BCUT2D eigenvalue weighted by Gasteiger charge is 2.27. The quantitative estimate of drug-likeness (QED) is 0.368. The number of carbonyl (C=O) groups excluding carboxylic acids is 1. The first-order valence-corrected chi connectivity index (χ1v) is 12.8. The highest BCUT2D eigenvalue weighted by atomic mass is 19.1. The first kappa shape index (κ1) is 26.9. The van der Waals surface area contributed by atoms with Crippen molar-refractivity contribution in [2.45, 2.75) is 79.6 Å². The van der Waals surface area contributed by atoms with E-state index in [2.05, 4.69) is 29.2 Å². The van der Waals surface area contributed by atoms with Crippen molar-refractivity contribution in [2.24, 2.45) is 10.8 Å². The van der Waals surface area contributed by atoms with Gasteiger partial charge in [0, 0.05) is 23.7 Å². The second kappa shape index (κ2) is 10.7. The van der Waals surface area contributed by atoms with E-state index in [4.69, 9.17) is 4.74 Å². The summed E-state index contributed by atoms with van der Waals surface area (Å²) >= 11 is 0. The van der Waals surface area contributed by atoms with E-state index in [-0.39, 0.29) is 30.9 Å². The lowest BCUT2D eigenvalue weighted by molar-refractivity contribution is -0.157. The molecule has 0 amide bonds. The highest BCUT2D eigenvalue weighted by Crippen LogP contribution is 2.35. The Morgan fingerprint density at radius 1 is 1.08 bits per heavy atom. The van der Waals surface area contributed by atoms with Gasteiger partial charge in [-0.1, -0.05) is 32.0 Å². The van der Waals surface area contributed by atoms with Crippen molar-refractivity contribution >= 4 is 5.97 Å². The predicted octanol–water partition coefficient (Wildman–Crippen LogP) is 6.50. The lowest BCUT2D eigenvalue weighted by atomic mass is 9.75. The SMILES string of the molecule is CC1(C)CCC(NCc2c(F)cc(-c3cccc(-c4ncn(COC(=O)C(C)(C)C)n4)c3)cc2F)CC1. The second-order valence-corrected chi connectivity index (χ2v) is 11.7. The largest absolute Gasteiger partial charge is 0.442 e. The van der Waals surface area contributed by atoms with E-state index in [1.165, 1.54) is 23.1 Å². The van der Waals surface area contributed by atoms with Crippen molar-refractivity contribution in [2.75, 3.05) is 0 Å². The van der Waals surface area contributed by atoms with Gasteiger partial charge in [-0.05, 0) is 81.2 Å². The van der Waals surface area contributed by atoms with Gasteiger partial charge in [0.2, 0.25) is 0 Å². The molecule has 6 nitrogen and oxygen atoms in total. The molecule has 0 atom stereocenters. The van der Waals surface area contributed by atoms with Crippen LogP contribution in [-0.4, -0.2) is 26.8 Å². The zero-order chi connectivity index (χ0) is 26.8. The van der Waals surface area contributed by atoms with Crippen molar-refractivity contribution in [3.8, 4) is 22.5 Å². The maximum absolute atomic E-state index is 15.0. The predicted molar refractivity (Wildman–Crippen MR) is 139 cm³/mol. The van der Waals surface area contributed by atoms with Crippen molar-refractivity contribution in [1.29, 1.82) is 0 Å². The summed E-state index contributed by atoms with van der Waals surface area (Å²) in [5.74, 6) is -1.04. The molecule has 0 bridgehead atoms. The molecule has 0 spiro atoms. The van der Waals surface area contributed by atoms with Crippen LogP contribution in [0.5, 0.6) is 0 Å². The lowest BCUT2D eigenvalue weighted by Crippen LogP contribution is -2.35. The maximum Gasteiger partial charge on any atom is 0.313 e. The maximum atomic E-state index is 15.0. The smallest absolute Gasteiger partial charge is 0.313 e. The Labute approximate surface area is 217 Å². The average molecular weight is 511 g/mol. The van der Waals surface area contributed by atoms with Crippen LogP contribution >= 0.6 is 0 Å². The summed E-state index contributed by atoms with van der Waals surface area (Å²) in [7, 11) is 0. The zero-order valence-electron chi connectivity index (χ0n) is 22.3. The van der Waals surface area contributed by atoms with Crippen molar-refractivity contribution < 1.29 is 18.3 Å². The Hall–Kier alpha value is -3.13. The van der Waals surface area contributed by atoms with Crippen LogP contribution in [0.25, 0.3) is 22.5 Å². The standard InChI is InChI=1S/C29H36F2N4O2/c1-28(2,3)27(36)37-18-35-17-33-26(34-35)20-8-6-7-19(13-20)21-14-24(30)23(25(31)15-21)16-32-22-9-11-29(4,5)12-10-22/h6-8,13-15,17,22,32H,9-12,16,18H2,1-5H3. The number of rotatable bonds is 7. The molecule has 0 saturated heterocycles. The zero-order valence-corrected chi connectivity index (χ0v) is 22.3. The molecule has 2 aromatic carbocycles. The summed E-state index contributed by atoms with van der Waals surface area (Å²) in [4.78, 5) is 16.3. The van der Waals surface area contributed by atoms with Gasteiger partial charge < -0.3 is 10.1 Å². The third-order valence-electron chi connectivity index (χ3n) is 6.98. The number of hydrogen-bond donors (Lipinski definition) is 1. The average Bonchev–Trinajstić information content (AvgIpc) is 3.31. The number of halogens is 2. The van der Waals surface area contributed by atoms with Crippen LogP contribution < -0.4 is 5.32 Å². The summed E-state index contributed by atoms with van der Waals surface area (Å²) < 4.78 is 36.7. The molecule has 0 aliphatic heterocycles. The Morgan fingerprint density at radius 2 is 1.73 bits per heavy atom. The first-order chi connectivity index (χ1) is 17.4. The molecule has 0 unspecified atom stereocenters. The van der Waals surface area contributed by atoms with Gasteiger partial charge in [-0.2, -0.15) is 0 Å². The molecule has 1 aliphatic carbocycles. The van der Waals surface area contributed by atoms with Gasteiger partial charge in [0.05, 0.1) is 5.41 Å². The van der Waals surface area contributed by atoms with E-state index in [0.29, 0.717) is 27.9 Å². The summed E-state index contributed by atoms with van der Waals surface area (Å²) in [6.45, 7) is 9.99. The third-order valence-corrected chi connectivity index (χ3v) is 6.98. The number of esters is 1. The summed E-state index contributed by atoms with van der Waals surface area (Å²) in [6, 6.07) is 10.2. The number of carbonyl (C=O) groups is 1. The molecule has 8 heteroatoms. The summed E-state index contributed by atoms with van der Waals surface area (Å²) in [6.07, 6.45) is 5.74. The summed E-state index contributed by atoms with van der Waals surface area (Å²) in [5.41, 5.74) is 1.58. The fourth-order valence-corrected chi connectivity index (χ4v) is 4.46. The van der Waals surface area contributed by atoms with E-state index in [1.54, 1.807) is 39.0 Å². The molecule has 4 rings (SSSR count). The van der Waals surface area contributed by atoms with Crippen molar-refractivity contribution in [1.82, 2.24) is 20.1 Å². The third kappa shape index (κ3) is 6.80. The van der Waals surface area contributed by atoms with Gasteiger partial charge in [0.15, 0.2) is 12.6 Å². The summed E-state index contributed by atoms with van der Waals surface area (Å²) in [5, 5.41) is 7.71. The molecule has 0 radical (unpaired) electrons. The molecular formula is C29H36F2N4O2. The highest BCUT2D eigenvalue weighted by molar-refractivity contribution is 5.75. The molecule has 37 heavy (non-hydrogen) atoms. The molecule has 1 heterocycles. The van der Waals surface area contributed by atoms with Gasteiger partial charge in [0.25, 0.3) is 0 Å². The van der Waals surface area contributed by atoms with Crippen LogP contribution in [-0.2, 0) is 22.8 Å². The van der Waals surface area contributed by atoms with Crippen molar-refractivity contribution in [3.05, 3.63) is 59.9 Å². The number of benzene rings is 2.